The van der Waals surface area contributed by atoms with Crippen LogP contribution in [0.5, 0.6) is 11.5 Å². The van der Waals surface area contributed by atoms with E-state index in [0.717, 1.165) is 36.6 Å². The topological polar surface area (TPSA) is 54.0 Å². The van der Waals surface area contributed by atoms with Crippen molar-refractivity contribution >= 4 is 6.03 Å². The first-order chi connectivity index (χ1) is 10.1. The number of hydrogen-bond acceptors (Lipinski definition) is 4. The minimum atomic E-state index is -0.0635. The molecule has 1 aliphatic rings. The van der Waals surface area contributed by atoms with E-state index in [1.54, 1.807) is 4.90 Å². The summed E-state index contributed by atoms with van der Waals surface area (Å²) >= 11 is 0. The number of urea groups is 1. The van der Waals surface area contributed by atoms with Crippen LogP contribution in [0.2, 0.25) is 0 Å². The van der Waals surface area contributed by atoms with Crippen molar-refractivity contribution in [1.29, 1.82) is 0 Å². The van der Waals surface area contributed by atoms with Gasteiger partial charge in [0.1, 0.15) is 0 Å². The van der Waals surface area contributed by atoms with Gasteiger partial charge in [-0.3, -0.25) is 0 Å². The number of rotatable bonds is 6. The molecule has 0 spiro atoms. The normalized spacial score (nSPS) is 12.6. The lowest BCUT2D eigenvalue weighted by atomic mass is 10.2. The number of ether oxygens (including phenoxy) is 2. The summed E-state index contributed by atoms with van der Waals surface area (Å²) in [6.07, 6.45) is 0.959. The van der Waals surface area contributed by atoms with Crippen molar-refractivity contribution in [3.05, 3.63) is 23.8 Å². The summed E-state index contributed by atoms with van der Waals surface area (Å²) in [4.78, 5) is 15.8. The Kier molecular flexibility index (Phi) is 5.27. The highest BCUT2D eigenvalue weighted by atomic mass is 16.7. The number of hydrogen-bond donors (Lipinski definition) is 1. The molecule has 0 saturated heterocycles. The third kappa shape index (κ3) is 4.53. The predicted molar refractivity (Wildman–Crippen MR) is 80.6 cm³/mol. The van der Waals surface area contributed by atoms with Gasteiger partial charge in [0, 0.05) is 20.1 Å². The van der Waals surface area contributed by atoms with Gasteiger partial charge in [0.2, 0.25) is 6.79 Å². The first-order valence-corrected chi connectivity index (χ1v) is 7.08. The molecular formula is C15H23N3O3. The quantitative estimate of drug-likeness (QED) is 0.864. The van der Waals surface area contributed by atoms with Crippen molar-refractivity contribution in [1.82, 2.24) is 15.1 Å². The molecule has 0 bridgehead atoms. The molecule has 1 N–H and O–H groups in total. The number of carbonyl (C=O) groups is 1. The Labute approximate surface area is 125 Å². The number of nitrogens with zero attached hydrogens (tertiary/aromatic N) is 2. The van der Waals surface area contributed by atoms with Gasteiger partial charge in [-0.2, -0.15) is 0 Å². The molecule has 0 unspecified atom stereocenters. The third-order valence-electron chi connectivity index (χ3n) is 3.33. The first-order valence-electron chi connectivity index (χ1n) is 7.08. The van der Waals surface area contributed by atoms with Gasteiger partial charge in [0.05, 0.1) is 0 Å². The molecule has 1 aromatic carbocycles. The molecule has 116 valence electrons. The van der Waals surface area contributed by atoms with E-state index >= 15 is 0 Å². The van der Waals surface area contributed by atoms with Crippen LogP contribution in [0.4, 0.5) is 4.79 Å². The minimum absolute atomic E-state index is 0.0635. The van der Waals surface area contributed by atoms with Crippen LogP contribution in [0.1, 0.15) is 12.0 Å². The second kappa shape index (κ2) is 7.17. The second-order valence-electron chi connectivity index (χ2n) is 5.42. The van der Waals surface area contributed by atoms with E-state index in [1.807, 2.05) is 39.3 Å². The van der Waals surface area contributed by atoms with Crippen LogP contribution in [-0.4, -0.2) is 56.9 Å². The molecule has 2 amide bonds. The van der Waals surface area contributed by atoms with E-state index < -0.39 is 0 Å². The number of carbonyl (C=O) groups excluding carboxylic acids is 1. The maximum absolute atomic E-state index is 12.0. The summed E-state index contributed by atoms with van der Waals surface area (Å²) in [6, 6.07) is 5.63. The van der Waals surface area contributed by atoms with Crippen molar-refractivity contribution in [2.45, 2.75) is 13.0 Å². The highest BCUT2D eigenvalue weighted by Gasteiger charge is 2.14. The predicted octanol–water partition coefficient (Wildman–Crippen LogP) is 1.51. The van der Waals surface area contributed by atoms with Gasteiger partial charge >= 0.3 is 6.03 Å². The molecule has 6 heteroatoms. The standard InChI is InChI=1S/C15H23N3O3/c1-17(2)7-4-8-18(3)15(19)16-10-12-5-6-13-14(9-12)21-11-20-13/h5-6,9H,4,7-8,10-11H2,1-3H3,(H,16,19). The Morgan fingerprint density at radius 1 is 1.19 bits per heavy atom. The fourth-order valence-corrected chi connectivity index (χ4v) is 2.09. The van der Waals surface area contributed by atoms with Crippen LogP contribution in [0.15, 0.2) is 18.2 Å². The lowest BCUT2D eigenvalue weighted by Gasteiger charge is -2.19. The highest BCUT2D eigenvalue weighted by molar-refractivity contribution is 5.73. The van der Waals surface area contributed by atoms with Crippen molar-refractivity contribution in [3.8, 4) is 11.5 Å². The summed E-state index contributed by atoms with van der Waals surface area (Å²) in [5, 5.41) is 2.91. The molecule has 2 rings (SSSR count). The molecule has 0 radical (unpaired) electrons. The second-order valence-corrected chi connectivity index (χ2v) is 5.42. The van der Waals surface area contributed by atoms with E-state index in [4.69, 9.17) is 9.47 Å². The summed E-state index contributed by atoms with van der Waals surface area (Å²) in [7, 11) is 5.87. The van der Waals surface area contributed by atoms with Gasteiger partial charge in [0.25, 0.3) is 0 Å². The Hall–Kier alpha value is -1.95. The zero-order valence-corrected chi connectivity index (χ0v) is 12.9. The summed E-state index contributed by atoms with van der Waals surface area (Å²) in [5.41, 5.74) is 0.995. The molecule has 1 heterocycles. The summed E-state index contributed by atoms with van der Waals surface area (Å²) < 4.78 is 10.6. The highest BCUT2D eigenvalue weighted by Crippen LogP contribution is 2.32. The Morgan fingerprint density at radius 3 is 2.71 bits per heavy atom. The molecular weight excluding hydrogens is 270 g/mol. The van der Waals surface area contributed by atoms with E-state index in [2.05, 4.69) is 10.2 Å². The maximum Gasteiger partial charge on any atom is 0.317 e. The molecule has 1 aromatic rings. The Balaban J connectivity index is 1.75. The summed E-state index contributed by atoms with van der Waals surface area (Å²) in [6.45, 7) is 2.46. The van der Waals surface area contributed by atoms with Gasteiger partial charge in [-0.05, 0) is 44.8 Å². The van der Waals surface area contributed by atoms with Gasteiger partial charge < -0.3 is 24.6 Å². The van der Waals surface area contributed by atoms with Gasteiger partial charge in [-0.15, -0.1) is 0 Å². The van der Waals surface area contributed by atoms with Gasteiger partial charge in [-0.1, -0.05) is 6.07 Å². The van der Waals surface area contributed by atoms with E-state index in [1.165, 1.54) is 0 Å². The van der Waals surface area contributed by atoms with Crippen molar-refractivity contribution in [2.24, 2.45) is 0 Å². The molecule has 6 nitrogen and oxygen atoms in total. The maximum atomic E-state index is 12.0. The van der Waals surface area contributed by atoms with Crippen LogP contribution in [0, 0.1) is 0 Å². The molecule has 0 aliphatic carbocycles. The third-order valence-corrected chi connectivity index (χ3v) is 3.33. The smallest absolute Gasteiger partial charge is 0.317 e. The van der Waals surface area contributed by atoms with Crippen molar-refractivity contribution < 1.29 is 14.3 Å². The van der Waals surface area contributed by atoms with Crippen molar-refractivity contribution in [3.63, 3.8) is 0 Å². The fourth-order valence-electron chi connectivity index (χ4n) is 2.09. The van der Waals surface area contributed by atoms with Gasteiger partial charge in [-0.25, -0.2) is 4.79 Å². The number of amides is 2. The van der Waals surface area contributed by atoms with E-state index in [9.17, 15) is 4.79 Å². The molecule has 1 aliphatic heterocycles. The first kappa shape index (κ1) is 15.4. The fraction of sp³-hybridized carbons (Fsp3) is 0.533. The van der Waals surface area contributed by atoms with Crippen LogP contribution < -0.4 is 14.8 Å². The number of benzene rings is 1. The van der Waals surface area contributed by atoms with Crippen LogP contribution in [-0.2, 0) is 6.54 Å². The van der Waals surface area contributed by atoms with Crippen LogP contribution in [0.3, 0.4) is 0 Å². The zero-order chi connectivity index (χ0) is 15.2. The molecule has 0 atom stereocenters. The number of fused-ring (bicyclic) bond motifs is 1. The minimum Gasteiger partial charge on any atom is -0.454 e. The molecule has 0 aromatic heterocycles. The molecule has 21 heavy (non-hydrogen) atoms. The number of nitrogens with one attached hydrogen (secondary N) is 1. The Bertz CT molecular complexity index is 491. The molecule has 0 fully saturated rings. The zero-order valence-electron chi connectivity index (χ0n) is 12.9. The SMILES string of the molecule is CN(C)CCCN(C)C(=O)NCc1ccc2c(c1)OCO2. The van der Waals surface area contributed by atoms with E-state index in [0.29, 0.717) is 6.54 Å². The lowest BCUT2D eigenvalue weighted by molar-refractivity contribution is 0.174. The Morgan fingerprint density at radius 2 is 1.95 bits per heavy atom. The summed E-state index contributed by atoms with van der Waals surface area (Å²) in [5.74, 6) is 1.49. The van der Waals surface area contributed by atoms with Crippen molar-refractivity contribution in [2.75, 3.05) is 41.0 Å². The lowest BCUT2D eigenvalue weighted by Crippen LogP contribution is -2.38. The van der Waals surface area contributed by atoms with Gasteiger partial charge in [0.15, 0.2) is 11.5 Å². The monoisotopic (exact) mass is 293 g/mol. The van der Waals surface area contributed by atoms with Crippen LogP contribution >= 0.6 is 0 Å². The molecule has 0 saturated carbocycles. The largest absolute Gasteiger partial charge is 0.454 e. The average Bonchev–Trinajstić information content (AvgIpc) is 2.91. The van der Waals surface area contributed by atoms with E-state index in [-0.39, 0.29) is 12.8 Å². The van der Waals surface area contributed by atoms with Crippen LogP contribution in [0.25, 0.3) is 0 Å². The average molecular weight is 293 g/mol.